The molecule has 1 aromatic heterocycles. The molecule has 0 N–H and O–H groups in total. The number of hydrogen-bond donors (Lipinski definition) is 0. The zero-order valence-electron chi connectivity index (χ0n) is 14.5. The molecule has 1 atom stereocenters. The third-order valence-electron chi connectivity index (χ3n) is 4.90. The first-order valence-electron chi connectivity index (χ1n) is 8.33. The standard InChI is InChI=1S/C18H17NO6S2/c1-24-17(21)16-15(6-9-26-16)27(22,23)19-8-7-18(11-19)10-13(20)12-4-2-3-5-14(12)25-18/h2-6,9H,7-8,10-11H2,1H3/t18-/m0/s1. The number of hydrogen-bond acceptors (Lipinski definition) is 7. The Morgan fingerprint density at radius 2 is 2.07 bits per heavy atom. The minimum Gasteiger partial charge on any atom is -0.485 e. The number of nitrogens with zero attached hydrogens (tertiary/aromatic N) is 1. The maximum Gasteiger partial charge on any atom is 0.349 e. The largest absolute Gasteiger partial charge is 0.485 e. The van der Waals surface area contributed by atoms with E-state index in [1.54, 1.807) is 29.6 Å². The van der Waals surface area contributed by atoms with Gasteiger partial charge in [0.2, 0.25) is 10.0 Å². The molecule has 1 aromatic carbocycles. The van der Waals surface area contributed by atoms with Crippen molar-refractivity contribution >= 4 is 33.1 Å². The molecule has 2 aliphatic heterocycles. The predicted octanol–water partition coefficient (Wildman–Crippen LogP) is 2.33. The number of thiophene rings is 1. The third kappa shape index (κ3) is 2.95. The number of methoxy groups -OCH3 is 1. The second kappa shape index (κ2) is 6.43. The van der Waals surface area contributed by atoms with Gasteiger partial charge in [-0.2, -0.15) is 4.31 Å². The number of para-hydroxylation sites is 1. The van der Waals surface area contributed by atoms with Gasteiger partial charge in [0.15, 0.2) is 5.78 Å². The molecule has 2 aromatic rings. The van der Waals surface area contributed by atoms with Crippen molar-refractivity contribution in [2.45, 2.75) is 23.3 Å². The van der Waals surface area contributed by atoms with E-state index in [9.17, 15) is 18.0 Å². The van der Waals surface area contributed by atoms with Crippen LogP contribution in [0.25, 0.3) is 0 Å². The molecule has 0 aliphatic carbocycles. The van der Waals surface area contributed by atoms with Crippen molar-refractivity contribution < 1.29 is 27.5 Å². The van der Waals surface area contributed by atoms with Gasteiger partial charge in [0.25, 0.3) is 0 Å². The maximum atomic E-state index is 13.1. The smallest absolute Gasteiger partial charge is 0.349 e. The highest BCUT2D eigenvalue weighted by molar-refractivity contribution is 7.89. The SMILES string of the molecule is COC(=O)c1sccc1S(=O)(=O)N1CC[C@]2(CC(=O)c3ccccc3O2)C1. The summed E-state index contributed by atoms with van der Waals surface area (Å²) in [5.74, 6) is -0.254. The first-order valence-corrected chi connectivity index (χ1v) is 10.7. The number of Topliss-reactive ketones (excluding diaryl/α,β-unsaturated/α-hetero) is 1. The third-order valence-corrected chi connectivity index (χ3v) is 7.81. The zero-order valence-corrected chi connectivity index (χ0v) is 16.1. The molecule has 142 valence electrons. The van der Waals surface area contributed by atoms with Crippen molar-refractivity contribution in [3.05, 3.63) is 46.2 Å². The number of carbonyl (C=O) groups is 2. The molecule has 4 rings (SSSR count). The lowest BCUT2D eigenvalue weighted by atomic mass is 9.89. The first kappa shape index (κ1) is 18.1. The highest BCUT2D eigenvalue weighted by atomic mass is 32.2. The van der Waals surface area contributed by atoms with Gasteiger partial charge in [0.05, 0.1) is 25.6 Å². The summed E-state index contributed by atoms with van der Waals surface area (Å²) in [7, 11) is -2.69. The van der Waals surface area contributed by atoms with Crippen molar-refractivity contribution in [1.29, 1.82) is 0 Å². The molecule has 0 amide bonds. The average molecular weight is 407 g/mol. The molecule has 9 heteroatoms. The lowest BCUT2D eigenvalue weighted by Gasteiger charge is -2.34. The molecule has 2 aliphatic rings. The Morgan fingerprint density at radius 1 is 1.30 bits per heavy atom. The van der Waals surface area contributed by atoms with Crippen LogP contribution in [-0.4, -0.2) is 50.3 Å². The molecule has 0 saturated carbocycles. The fourth-order valence-electron chi connectivity index (χ4n) is 3.57. The number of fused-ring (bicyclic) bond motifs is 1. The van der Waals surface area contributed by atoms with Gasteiger partial charge in [0, 0.05) is 13.0 Å². The van der Waals surface area contributed by atoms with Gasteiger partial charge in [-0.15, -0.1) is 11.3 Å². The minimum atomic E-state index is -3.90. The van der Waals surface area contributed by atoms with Crippen LogP contribution in [0.1, 0.15) is 32.9 Å². The van der Waals surface area contributed by atoms with Crippen LogP contribution in [0.3, 0.4) is 0 Å². The van der Waals surface area contributed by atoms with Crippen LogP contribution in [0.2, 0.25) is 0 Å². The van der Waals surface area contributed by atoms with Gasteiger partial charge < -0.3 is 9.47 Å². The Kier molecular flexibility index (Phi) is 4.32. The molecule has 1 fully saturated rings. The Morgan fingerprint density at radius 3 is 2.85 bits per heavy atom. The van der Waals surface area contributed by atoms with E-state index in [0.29, 0.717) is 17.7 Å². The number of rotatable bonds is 3. The normalized spacial score (nSPS) is 22.5. The van der Waals surface area contributed by atoms with Crippen molar-refractivity contribution in [1.82, 2.24) is 4.31 Å². The summed E-state index contributed by atoms with van der Waals surface area (Å²) >= 11 is 1.02. The number of benzene rings is 1. The summed E-state index contributed by atoms with van der Waals surface area (Å²) in [6, 6.07) is 8.39. The van der Waals surface area contributed by atoms with E-state index in [1.165, 1.54) is 17.5 Å². The molecule has 1 saturated heterocycles. The van der Waals surface area contributed by atoms with Crippen molar-refractivity contribution in [3.63, 3.8) is 0 Å². The van der Waals surface area contributed by atoms with Gasteiger partial charge in [-0.05, 0) is 23.6 Å². The zero-order chi connectivity index (χ0) is 19.2. The van der Waals surface area contributed by atoms with Crippen LogP contribution in [0, 0.1) is 0 Å². The first-order chi connectivity index (χ1) is 12.9. The van der Waals surface area contributed by atoms with E-state index in [0.717, 1.165) is 11.3 Å². The summed E-state index contributed by atoms with van der Waals surface area (Å²) in [5, 5.41) is 1.54. The number of carbonyl (C=O) groups excluding carboxylic acids is 2. The second-order valence-corrected chi connectivity index (χ2v) is 9.40. The topological polar surface area (TPSA) is 90.0 Å². The molecule has 0 bridgehead atoms. The molecular weight excluding hydrogens is 390 g/mol. The van der Waals surface area contributed by atoms with Crippen LogP contribution >= 0.6 is 11.3 Å². The molecule has 3 heterocycles. The highest BCUT2D eigenvalue weighted by Crippen LogP contribution is 2.40. The van der Waals surface area contributed by atoms with E-state index in [4.69, 9.17) is 4.74 Å². The van der Waals surface area contributed by atoms with Gasteiger partial charge in [0.1, 0.15) is 21.1 Å². The van der Waals surface area contributed by atoms with Crippen LogP contribution < -0.4 is 4.74 Å². The summed E-state index contributed by atoms with van der Waals surface area (Å²) in [6.45, 7) is 0.278. The number of sulfonamides is 1. The van der Waals surface area contributed by atoms with Crippen LogP contribution in [-0.2, 0) is 14.8 Å². The average Bonchev–Trinajstić information content (AvgIpc) is 3.29. The van der Waals surface area contributed by atoms with Crippen molar-refractivity contribution in [2.75, 3.05) is 20.2 Å². The molecule has 7 nitrogen and oxygen atoms in total. The fraction of sp³-hybridized carbons (Fsp3) is 0.333. The van der Waals surface area contributed by atoms with Crippen molar-refractivity contribution in [3.8, 4) is 5.75 Å². The minimum absolute atomic E-state index is 0.0458. The molecule has 27 heavy (non-hydrogen) atoms. The summed E-state index contributed by atoms with van der Waals surface area (Å²) in [4.78, 5) is 24.4. The summed E-state index contributed by atoms with van der Waals surface area (Å²) in [6.07, 6.45) is 0.535. The Labute approximate surface area is 160 Å². The number of ether oxygens (including phenoxy) is 2. The highest BCUT2D eigenvalue weighted by Gasteiger charge is 2.49. The van der Waals surface area contributed by atoms with Gasteiger partial charge in [-0.3, -0.25) is 4.79 Å². The quantitative estimate of drug-likeness (QED) is 0.726. The molecule has 0 unspecified atom stereocenters. The second-order valence-electron chi connectivity index (χ2n) is 6.58. The van der Waals surface area contributed by atoms with E-state index in [-0.39, 0.29) is 35.1 Å². The van der Waals surface area contributed by atoms with E-state index in [1.807, 2.05) is 0 Å². The lowest BCUT2D eigenvalue weighted by molar-refractivity contribution is 0.0498. The number of ketones is 1. The van der Waals surface area contributed by atoms with Crippen molar-refractivity contribution in [2.24, 2.45) is 0 Å². The van der Waals surface area contributed by atoms with Gasteiger partial charge >= 0.3 is 5.97 Å². The van der Waals surface area contributed by atoms with Crippen LogP contribution in [0.5, 0.6) is 5.75 Å². The predicted molar refractivity (Wildman–Crippen MR) is 97.8 cm³/mol. The maximum absolute atomic E-state index is 13.1. The van der Waals surface area contributed by atoms with Crippen LogP contribution in [0.4, 0.5) is 0 Å². The monoisotopic (exact) mass is 407 g/mol. The lowest BCUT2D eigenvalue weighted by Crippen LogP contribution is -2.45. The van der Waals surface area contributed by atoms with Crippen LogP contribution in [0.15, 0.2) is 40.6 Å². The van der Waals surface area contributed by atoms with Gasteiger partial charge in [-0.1, -0.05) is 12.1 Å². The summed E-state index contributed by atoms with van der Waals surface area (Å²) in [5.41, 5.74) is -0.352. The Hall–Kier alpha value is -2.23. The van der Waals surface area contributed by atoms with E-state index < -0.39 is 21.6 Å². The molecular formula is C18H17NO6S2. The summed E-state index contributed by atoms with van der Waals surface area (Å²) < 4.78 is 38.2. The van der Waals surface area contributed by atoms with E-state index >= 15 is 0 Å². The molecule has 1 spiro atoms. The number of esters is 1. The van der Waals surface area contributed by atoms with E-state index in [2.05, 4.69) is 4.74 Å². The van der Waals surface area contributed by atoms with Gasteiger partial charge in [-0.25, -0.2) is 13.2 Å². The molecule has 0 radical (unpaired) electrons. The Balaban J connectivity index is 1.63. The fourth-order valence-corrected chi connectivity index (χ4v) is 6.39. The Bertz CT molecular complexity index is 1030.